The van der Waals surface area contributed by atoms with Gasteiger partial charge < -0.3 is 15.5 Å². The lowest BCUT2D eigenvalue weighted by atomic mass is 9.51. The summed E-state index contributed by atoms with van der Waals surface area (Å²) in [4.78, 5) is 0. The number of hydrogen-bond acceptors (Lipinski definition) is 3. The van der Waals surface area contributed by atoms with Crippen molar-refractivity contribution in [3.63, 3.8) is 0 Å². The van der Waals surface area contributed by atoms with E-state index in [4.69, 9.17) is 0 Å². The van der Waals surface area contributed by atoms with E-state index in [1.165, 1.54) is 18.4 Å². The van der Waals surface area contributed by atoms with Crippen LogP contribution in [-0.4, -0.2) is 35.0 Å². The largest absolute Gasteiger partial charge is 0.393 e. The average Bonchev–Trinajstić information content (AvgIpc) is 3.00. The van der Waals surface area contributed by atoms with E-state index in [2.05, 4.69) is 45.2 Å². The summed E-state index contributed by atoms with van der Waals surface area (Å²) in [6.07, 6.45) is 13.4. The SMILES string of the molecule is CC1CCC(C(C)C2(C)C3=CC[C@H]4[C@@H](CC=C5CC(O)CC[C@@]54C)[C@@H]3CC2O)NC1. The van der Waals surface area contributed by atoms with E-state index in [0.717, 1.165) is 51.0 Å². The molecule has 3 N–H and O–H groups in total. The molecule has 0 aromatic carbocycles. The second kappa shape index (κ2) is 7.46. The minimum absolute atomic E-state index is 0.0957. The lowest BCUT2D eigenvalue weighted by molar-refractivity contribution is 0.0253. The van der Waals surface area contributed by atoms with Gasteiger partial charge in [0.25, 0.3) is 0 Å². The number of nitrogens with one attached hydrogen (secondary N) is 1. The van der Waals surface area contributed by atoms with Crippen molar-refractivity contribution < 1.29 is 10.2 Å². The molecule has 6 unspecified atom stereocenters. The fourth-order valence-electron chi connectivity index (χ4n) is 8.42. The van der Waals surface area contributed by atoms with Crippen LogP contribution in [0, 0.1) is 40.4 Å². The summed E-state index contributed by atoms with van der Waals surface area (Å²) in [5.41, 5.74) is 3.26. The zero-order chi connectivity index (χ0) is 21.3. The van der Waals surface area contributed by atoms with E-state index in [1.807, 2.05) is 0 Å². The summed E-state index contributed by atoms with van der Waals surface area (Å²) in [5.74, 6) is 3.11. The maximum absolute atomic E-state index is 11.4. The Hall–Kier alpha value is -0.640. The summed E-state index contributed by atoms with van der Waals surface area (Å²) in [6.45, 7) is 10.7. The third-order valence-corrected chi connectivity index (χ3v) is 10.7. The molecule has 168 valence electrons. The average molecular weight is 414 g/mol. The third-order valence-electron chi connectivity index (χ3n) is 10.7. The number of fused-ring (bicyclic) bond motifs is 5. The molecule has 0 amide bonds. The molecular weight excluding hydrogens is 370 g/mol. The van der Waals surface area contributed by atoms with Crippen LogP contribution in [0.5, 0.6) is 0 Å². The molecule has 0 aromatic rings. The van der Waals surface area contributed by atoms with Gasteiger partial charge in [-0.1, -0.05) is 51.0 Å². The molecule has 1 saturated heterocycles. The molecule has 5 rings (SSSR count). The van der Waals surface area contributed by atoms with E-state index >= 15 is 0 Å². The van der Waals surface area contributed by atoms with Crippen LogP contribution in [0.1, 0.15) is 79.1 Å². The maximum Gasteiger partial charge on any atom is 0.0639 e. The van der Waals surface area contributed by atoms with Crippen molar-refractivity contribution in [1.29, 1.82) is 0 Å². The standard InChI is InChI=1S/C27H43NO2/c1-16-5-10-24(28-15-16)17(2)27(4)23-9-8-22-20(21(23)14-25(27)30)7-6-18-13-19(29)11-12-26(18,22)3/h6,9,16-17,19-22,24-25,28-30H,5,7-8,10-15H2,1-4H3/t16?,17?,19?,20-,21-,22-,24?,25?,26-,27?/m0/s1. The van der Waals surface area contributed by atoms with Gasteiger partial charge in [-0.05, 0) is 92.9 Å². The summed E-state index contributed by atoms with van der Waals surface area (Å²) in [5, 5.41) is 25.5. The predicted molar refractivity (Wildman–Crippen MR) is 122 cm³/mol. The van der Waals surface area contributed by atoms with Crippen LogP contribution < -0.4 is 5.32 Å². The van der Waals surface area contributed by atoms with Crippen molar-refractivity contribution in [2.24, 2.45) is 40.4 Å². The van der Waals surface area contributed by atoms with Gasteiger partial charge in [0.05, 0.1) is 12.2 Å². The highest BCUT2D eigenvalue weighted by Gasteiger charge is 2.58. The van der Waals surface area contributed by atoms with Gasteiger partial charge in [-0.2, -0.15) is 0 Å². The maximum atomic E-state index is 11.4. The third kappa shape index (κ3) is 3.02. The second-order valence-electron chi connectivity index (χ2n) is 12.1. The van der Waals surface area contributed by atoms with Crippen LogP contribution >= 0.6 is 0 Å². The normalized spacial score (nSPS) is 51.9. The molecule has 0 spiro atoms. The zero-order valence-corrected chi connectivity index (χ0v) is 19.5. The fourth-order valence-corrected chi connectivity index (χ4v) is 8.42. The molecule has 1 aliphatic heterocycles. The summed E-state index contributed by atoms with van der Waals surface area (Å²) < 4.78 is 0. The summed E-state index contributed by atoms with van der Waals surface area (Å²) in [6, 6.07) is 0.522. The van der Waals surface area contributed by atoms with Crippen molar-refractivity contribution in [3.05, 3.63) is 23.3 Å². The minimum atomic E-state index is -0.227. The number of piperidine rings is 1. The summed E-state index contributed by atoms with van der Waals surface area (Å²) >= 11 is 0. The summed E-state index contributed by atoms with van der Waals surface area (Å²) in [7, 11) is 0. The molecular formula is C27H43NO2. The predicted octanol–water partition coefficient (Wildman–Crippen LogP) is 4.84. The number of rotatable bonds is 2. The van der Waals surface area contributed by atoms with Gasteiger partial charge in [0.15, 0.2) is 0 Å². The lowest BCUT2D eigenvalue weighted by Crippen LogP contribution is -2.50. The van der Waals surface area contributed by atoms with E-state index < -0.39 is 0 Å². The molecule has 0 bridgehead atoms. The quantitative estimate of drug-likeness (QED) is 0.568. The van der Waals surface area contributed by atoms with E-state index in [9.17, 15) is 10.2 Å². The number of allylic oxidation sites excluding steroid dienone is 2. The Kier molecular flexibility index (Phi) is 5.27. The van der Waals surface area contributed by atoms with Gasteiger partial charge in [-0.25, -0.2) is 0 Å². The van der Waals surface area contributed by atoms with Crippen LogP contribution in [0.15, 0.2) is 23.3 Å². The van der Waals surface area contributed by atoms with E-state index in [0.29, 0.717) is 29.7 Å². The van der Waals surface area contributed by atoms with Gasteiger partial charge >= 0.3 is 0 Å². The first kappa shape index (κ1) is 21.2. The van der Waals surface area contributed by atoms with E-state index in [-0.39, 0.29) is 23.0 Å². The molecule has 5 aliphatic rings. The van der Waals surface area contributed by atoms with Crippen molar-refractivity contribution in [1.82, 2.24) is 5.32 Å². The molecule has 0 aromatic heterocycles. The first-order valence-corrected chi connectivity index (χ1v) is 12.7. The van der Waals surface area contributed by atoms with Crippen LogP contribution in [0.2, 0.25) is 0 Å². The number of hydrogen-bond donors (Lipinski definition) is 3. The molecule has 3 nitrogen and oxygen atoms in total. The Labute approximate surface area is 183 Å². The van der Waals surface area contributed by atoms with Gasteiger partial charge in [-0.15, -0.1) is 0 Å². The first-order chi connectivity index (χ1) is 14.2. The minimum Gasteiger partial charge on any atom is -0.393 e. The Balaban J connectivity index is 1.42. The van der Waals surface area contributed by atoms with Gasteiger partial charge in [0.2, 0.25) is 0 Å². The number of aliphatic hydroxyl groups excluding tert-OH is 2. The molecule has 1 heterocycles. The topological polar surface area (TPSA) is 52.5 Å². The molecule has 2 saturated carbocycles. The van der Waals surface area contributed by atoms with Gasteiger partial charge in [0.1, 0.15) is 0 Å². The monoisotopic (exact) mass is 413 g/mol. The zero-order valence-electron chi connectivity index (χ0n) is 19.5. The van der Waals surface area contributed by atoms with Crippen LogP contribution in [-0.2, 0) is 0 Å². The molecule has 10 atom stereocenters. The Morgan fingerprint density at radius 2 is 1.90 bits per heavy atom. The number of aliphatic hydroxyl groups is 2. The Bertz CT molecular complexity index is 735. The van der Waals surface area contributed by atoms with Gasteiger partial charge in [0, 0.05) is 11.5 Å². The molecule has 0 radical (unpaired) electrons. The van der Waals surface area contributed by atoms with Gasteiger partial charge in [-0.3, -0.25) is 0 Å². The molecule has 3 fully saturated rings. The highest BCUT2D eigenvalue weighted by molar-refractivity contribution is 5.34. The van der Waals surface area contributed by atoms with Crippen molar-refractivity contribution in [2.75, 3.05) is 6.54 Å². The Morgan fingerprint density at radius 3 is 2.63 bits per heavy atom. The Morgan fingerprint density at radius 1 is 1.10 bits per heavy atom. The van der Waals surface area contributed by atoms with Crippen molar-refractivity contribution >= 4 is 0 Å². The van der Waals surface area contributed by atoms with Crippen LogP contribution in [0.3, 0.4) is 0 Å². The molecule has 4 aliphatic carbocycles. The molecule has 3 heteroatoms. The smallest absolute Gasteiger partial charge is 0.0639 e. The first-order valence-electron chi connectivity index (χ1n) is 12.7. The lowest BCUT2D eigenvalue weighted by Gasteiger charge is -2.54. The molecule has 30 heavy (non-hydrogen) atoms. The van der Waals surface area contributed by atoms with Crippen LogP contribution in [0.25, 0.3) is 0 Å². The van der Waals surface area contributed by atoms with Crippen molar-refractivity contribution in [2.45, 2.75) is 97.3 Å². The second-order valence-corrected chi connectivity index (χ2v) is 12.1. The van der Waals surface area contributed by atoms with Crippen molar-refractivity contribution in [3.8, 4) is 0 Å². The highest BCUT2D eigenvalue weighted by atomic mass is 16.3. The fraction of sp³-hybridized carbons (Fsp3) is 0.852. The van der Waals surface area contributed by atoms with E-state index in [1.54, 1.807) is 5.57 Å². The highest BCUT2D eigenvalue weighted by Crippen LogP contribution is 2.64. The van der Waals surface area contributed by atoms with Crippen LogP contribution in [0.4, 0.5) is 0 Å².